The molecule has 2 aromatic rings. The van der Waals surface area contributed by atoms with E-state index < -0.39 is 12.1 Å². The molecule has 0 aliphatic carbocycles. The van der Waals surface area contributed by atoms with Gasteiger partial charge < -0.3 is 14.0 Å². The molecule has 0 aliphatic heterocycles. The van der Waals surface area contributed by atoms with Gasteiger partial charge >= 0.3 is 12.1 Å². The van der Waals surface area contributed by atoms with Gasteiger partial charge in [-0.2, -0.15) is 8.78 Å². The second-order valence-electron chi connectivity index (χ2n) is 4.46. The van der Waals surface area contributed by atoms with Crippen LogP contribution in [-0.4, -0.2) is 28.7 Å². The lowest BCUT2D eigenvalue weighted by Gasteiger charge is -2.14. The topological polar surface area (TPSA) is 53.4 Å². The number of carbonyl (C=O) groups is 1. The molecule has 2 rings (SSSR count). The highest BCUT2D eigenvalue weighted by Gasteiger charge is 2.27. The van der Waals surface area contributed by atoms with Crippen molar-refractivity contribution in [2.75, 3.05) is 7.11 Å². The zero-order valence-electron chi connectivity index (χ0n) is 11.6. The SMILES string of the molecule is COC(=O)c1cc(OC(C)(F)F)c2nc(CCl)n(C)c2c1. The number of benzene rings is 1. The number of ether oxygens (including phenoxy) is 2. The predicted octanol–water partition coefficient (Wildman–Crippen LogP) is 3.09. The smallest absolute Gasteiger partial charge is 0.394 e. The molecule has 0 spiro atoms. The van der Waals surface area contributed by atoms with Crippen LogP contribution in [0.4, 0.5) is 8.78 Å². The number of aryl methyl sites for hydroxylation is 1. The van der Waals surface area contributed by atoms with Crippen molar-refractivity contribution in [3.63, 3.8) is 0 Å². The van der Waals surface area contributed by atoms with Gasteiger partial charge in [0.1, 0.15) is 11.3 Å². The third kappa shape index (κ3) is 3.07. The van der Waals surface area contributed by atoms with Gasteiger partial charge in [0, 0.05) is 14.0 Å². The third-order valence-corrected chi connectivity index (χ3v) is 3.11. The monoisotopic (exact) mass is 318 g/mol. The van der Waals surface area contributed by atoms with Crippen LogP contribution in [0.25, 0.3) is 11.0 Å². The first-order valence-electron chi connectivity index (χ1n) is 5.97. The van der Waals surface area contributed by atoms with Gasteiger partial charge in [-0.25, -0.2) is 9.78 Å². The minimum Gasteiger partial charge on any atom is -0.465 e. The van der Waals surface area contributed by atoms with Crippen LogP contribution in [0, 0.1) is 0 Å². The van der Waals surface area contributed by atoms with E-state index in [1.165, 1.54) is 19.2 Å². The molecule has 8 heteroatoms. The van der Waals surface area contributed by atoms with E-state index in [0.717, 1.165) is 0 Å². The molecule has 1 aromatic carbocycles. The highest BCUT2D eigenvalue weighted by atomic mass is 35.5. The van der Waals surface area contributed by atoms with Crippen molar-refractivity contribution in [3.8, 4) is 5.75 Å². The number of halogens is 3. The Hall–Kier alpha value is -1.89. The van der Waals surface area contributed by atoms with Crippen molar-refractivity contribution >= 4 is 28.6 Å². The third-order valence-electron chi connectivity index (χ3n) is 2.87. The lowest BCUT2D eigenvalue weighted by atomic mass is 10.2. The summed E-state index contributed by atoms with van der Waals surface area (Å²) in [5.41, 5.74) is 0.753. The Morgan fingerprint density at radius 2 is 2.14 bits per heavy atom. The van der Waals surface area contributed by atoms with Crippen LogP contribution in [0.2, 0.25) is 0 Å². The van der Waals surface area contributed by atoms with Crippen LogP contribution in [-0.2, 0) is 17.7 Å². The first-order valence-corrected chi connectivity index (χ1v) is 6.50. The van der Waals surface area contributed by atoms with Crippen LogP contribution in [0.1, 0.15) is 23.1 Å². The quantitative estimate of drug-likeness (QED) is 0.642. The van der Waals surface area contributed by atoms with Crippen molar-refractivity contribution in [2.45, 2.75) is 18.9 Å². The van der Waals surface area contributed by atoms with Crippen molar-refractivity contribution in [2.24, 2.45) is 7.05 Å². The van der Waals surface area contributed by atoms with E-state index in [-0.39, 0.29) is 22.7 Å². The Bertz CT molecular complexity index is 695. The van der Waals surface area contributed by atoms with Gasteiger partial charge in [-0.05, 0) is 12.1 Å². The van der Waals surface area contributed by atoms with Gasteiger partial charge in [-0.15, -0.1) is 11.6 Å². The van der Waals surface area contributed by atoms with E-state index in [1.807, 2.05) is 0 Å². The maximum Gasteiger partial charge on any atom is 0.394 e. The molecule has 5 nitrogen and oxygen atoms in total. The van der Waals surface area contributed by atoms with E-state index in [4.69, 9.17) is 11.6 Å². The molecule has 21 heavy (non-hydrogen) atoms. The van der Waals surface area contributed by atoms with Crippen molar-refractivity contribution in [3.05, 3.63) is 23.5 Å². The highest BCUT2D eigenvalue weighted by Crippen LogP contribution is 2.32. The molecule has 0 fully saturated rings. The van der Waals surface area contributed by atoms with E-state index in [0.29, 0.717) is 18.3 Å². The minimum absolute atomic E-state index is 0.0911. The van der Waals surface area contributed by atoms with Gasteiger partial charge in [0.05, 0.1) is 24.1 Å². The Balaban J connectivity index is 2.70. The number of rotatable bonds is 4. The van der Waals surface area contributed by atoms with Gasteiger partial charge in [0.2, 0.25) is 0 Å². The maximum atomic E-state index is 13.1. The molecule has 0 saturated carbocycles. The molecule has 0 N–H and O–H groups in total. The number of carbonyl (C=O) groups excluding carboxylic acids is 1. The zero-order chi connectivity index (χ0) is 15.8. The summed E-state index contributed by atoms with van der Waals surface area (Å²) in [5, 5.41) is 0. The number of fused-ring (bicyclic) bond motifs is 1. The molecule has 114 valence electrons. The molecule has 0 atom stereocenters. The molecule has 0 aliphatic rings. The van der Waals surface area contributed by atoms with Crippen molar-refractivity contribution in [1.82, 2.24) is 9.55 Å². The van der Waals surface area contributed by atoms with Gasteiger partial charge in [-0.3, -0.25) is 0 Å². The normalized spacial score (nSPS) is 11.7. The number of nitrogens with zero attached hydrogens (tertiary/aromatic N) is 2. The number of hydrogen-bond donors (Lipinski definition) is 0. The van der Waals surface area contributed by atoms with Crippen LogP contribution in [0.5, 0.6) is 5.75 Å². The van der Waals surface area contributed by atoms with Crippen LogP contribution in [0.3, 0.4) is 0 Å². The molecule has 1 aromatic heterocycles. The number of hydrogen-bond acceptors (Lipinski definition) is 4. The van der Waals surface area contributed by atoms with Crippen LogP contribution >= 0.6 is 11.6 Å². The fourth-order valence-corrected chi connectivity index (χ4v) is 2.17. The summed E-state index contributed by atoms with van der Waals surface area (Å²) < 4.78 is 37.1. The Morgan fingerprint density at radius 3 is 2.67 bits per heavy atom. The number of esters is 1. The molecule has 0 bridgehead atoms. The zero-order valence-corrected chi connectivity index (χ0v) is 12.4. The van der Waals surface area contributed by atoms with Crippen LogP contribution in [0.15, 0.2) is 12.1 Å². The standard InChI is InChI=1S/C13H13ClF2N2O3/c1-13(15,16)21-9-5-7(12(19)20-3)4-8-11(9)17-10(6-14)18(8)2/h4-5H,6H2,1-3H3. The summed E-state index contributed by atoms with van der Waals surface area (Å²) in [7, 11) is 2.87. The lowest BCUT2D eigenvalue weighted by Crippen LogP contribution is -2.19. The highest BCUT2D eigenvalue weighted by molar-refractivity contribution is 6.17. The summed E-state index contributed by atoms with van der Waals surface area (Å²) in [6.07, 6.45) is -3.40. The molecule has 0 amide bonds. The Kier molecular flexibility index (Phi) is 4.04. The van der Waals surface area contributed by atoms with Crippen LogP contribution < -0.4 is 4.74 Å². The molecular weight excluding hydrogens is 306 g/mol. The van der Waals surface area contributed by atoms with E-state index >= 15 is 0 Å². The van der Waals surface area contributed by atoms with E-state index in [9.17, 15) is 13.6 Å². The van der Waals surface area contributed by atoms with Crippen molar-refractivity contribution < 1.29 is 23.0 Å². The summed E-state index contributed by atoms with van der Waals surface area (Å²) in [6, 6.07) is 2.67. The number of methoxy groups -OCH3 is 1. The van der Waals surface area contributed by atoms with Gasteiger partial charge in [0.25, 0.3) is 0 Å². The molecule has 0 saturated heterocycles. The molecule has 0 unspecified atom stereocenters. The summed E-state index contributed by atoms with van der Waals surface area (Å²) in [6.45, 7) is 0.606. The number of aromatic nitrogens is 2. The lowest BCUT2D eigenvalue weighted by molar-refractivity contribution is -0.158. The first kappa shape index (κ1) is 15.5. The molecule has 1 heterocycles. The second kappa shape index (κ2) is 5.48. The van der Waals surface area contributed by atoms with Gasteiger partial charge in [0.15, 0.2) is 5.75 Å². The first-order chi connectivity index (χ1) is 9.76. The molecule has 0 radical (unpaired) electrons. The average Bonchev–Trinajstić information content (AvgIpc) is 2.73. The number of alkyl halides is 3. The summed E-state index contributed by atoms with van der Waals surface area (Å²) in [4.78, 5) is 15.8. The fraction of sp³-hybridized carbons (Fsp3) is 0.385. The van der Waals surface area contributed by atoms with E-state index in [1.54, 1.807) is 11.6 Å². The van der Waals surface area contributed by atoms with E-state index in [2.05, 4.69) is 14.5 Å². The van der Waals surface area contributed by atoms with Gasteiger partial charge in [-0.1, -0.05) is 0 Å². The predicted molar refractivity (Wildman–Crippen MR) is 72.9 cm³/mol. The number of imidazole rings is 1. The Labute approximate surface area is 124 Å². The summed E-state index contributed by atoms with van der Waals surface area (Å²) in [5.74, 6) is -0.291. The Morgan fingerprint density at radius 1 is 1.48 bits per heavy atom. The fourth-order valence-electron chi connectivity index (χ4n) is 1.93. The maximum absolute atomic E-state index is 13.1. The second-order valence-corrected chi connectivity index (χ2v) is 4.73. The van der Waals surface area contributed by atoms with Crippen molar-refractivity contribution in [1.29, 1.82) is 0 Å². The average molecular weight is 319 g/mol. The molecular formula is C13H13ClF2N2O3. The summed E-state index contributed by atoms with van der Waals surface area (Å²) >= 11 is 5.75. The largest absolute Gasteiger partial charge is 0.465 e. The minimum atomic E-state index is -3.40.